The lowest BCUT2D eigenvalue weighted by molar-refractivity contribution is -0.166. The third-order valence-electron chi connectivity index (χ3n) is 7.61. The minimum atomic E-state index is -2.78. The molecule has 5 rings (SSSR count). The molecule has 1 N–H and O–H groups in total. The van der Waals surface area contributed by atoms with Crippen LogP contribution in [0.15, 0.2) is 89.8 Å². The Balaban J connectivity index is 1.49. The third kappa shape index (κ3) is 5.77. The molecule has 0 aliphatic carbocycles. The highest BCUT2D eigenvalue weighted by atomic mass is 32.2. The summed E-state index contributed by atoms with van der Waals surface area (Å²) >= 11 is 1.51. The van der Waals surface area contributed by atoms with Crippen molar-refractivity contribution in [2.75, 3.05) is 6.61 Å². The first-order valence-electron chi connectivity index (χ1n) is 13.7. The Bertz CT molecular complexity index is 1190. The van der Waals surface area contributed by atoms with Gasteiger partial charge in [-0.05, 0) is 48.3 Å². The number of aryl methyl sites for hydroxylation is 1. The van der Waals surface area contributed by atoms with Crippen LogP contribution in [0.1, 0.15) is 40.2 Å². The van der Waals surface area contributed by atoms with Gasteiger partial charge in [0.15, 0.2) is 5.79 Å². The van der Waals surface area contributed by atoms with Crippen molar-refractivity contribution in [2.24, 2.45) is 0 Å². The van der Waals surface area contributed by atoms with Crippen LogP contribution in [0.25, 0.3) is 0 Å². The quantitative estimate of drug-likeness (QED) is 0.395. The molecule has 5 atom stereocenters. The molecule has 3 aromatic carbocycles. The van der Waals surface area contributed by atoms with E-state index in [0.29, 0.717) is 6.61 Å². The smallest absolute Gasteiger partial charge is 0.261 e. The summed E-state index contributed by atoms with van der Waals surface area (Å²) in [5.74, 6) is -0.821. The Morgan fingerprint density at radius 3 is 1.92 bits per heavy atom. The van der Waals surface area contributed by atoms with Crippen molar-refractivity contribution >= 4 is 30.5 Å². The Kier molecular flexibility index (Phi) is 8.15. The van der Waals surface area contributed by atoms with Gasteiger partial charge in [0.1, 0.15) is 29.9 Å². The summed E-state index contributed by atoms with van der Waals surface area (Å²) in [5.41, 5.74) is 0.676. The zero-order valence-corrected chi connectivity index (χ0v) is 25.5. The van der Waals surface area contributed by atoms with Crippen LogP contribution in [-0.4, -0.2) is 55.7 Å². The predicted octanol–water partition coefficient (Wildman–Crippen LogP) is 5.27. The number of ether oxygens (including phenoxy) is 3. The molecule has 0 radical (unpaired) electrons. The van der Waals surface area contributed by atoms with E-state index >= 15 is 0 Å². The molecule has 0 bridgehead atoms. The largest absolute Gasteiger partial charge is 0.405 e. The van der Waals surface area contributed by atoms with Crippen molar-refractivity contribution in [1.82, 2.24) is 0 Å². The standard InChI is InChI=1S/C32H40O5SSi/c1-22-17-19-23(20-18-22)38-30-27(33)29-28(36-32(5,6)37-29)26(35-30)21-34-39(31(2,3)4,24-13-9-7-10-14-24)25-15-11-8-12-16-25/h7-20,26-30,33H,21H2,1-6H3/t26-,27-,28+,29-,30+/m1/s1. The van der Waals surface area contributed by atoms with Gasteiger partial charge in [-0.2, -0.15) is 0 Å². The maximum atomic E-state index is 11.3. The molecule has 208 valence electrons. The second kappa shape index (κ2) is 11.1. The maximum absolute atomic E-state index is 11.3. The van der Waals surface area contributed by atoms with Crippen LogP contribution in [0, 0.1) is 6.92 Å². The van der Waals surface area contributed by atoms with E-state index in [1.165, 1.54) is 27.7 Å². The van der Waals surface area contributed by atoms with Crippen LogP contribution in [0.2, 0.25) is 5.04 Å². The zero-order valence-electron chi connectivity index (χ0n) is 23.7. The lowest BCUT2D eigenvalue weighted by Crippen LogP contribution is -2.68. The van der Waals surface area contributed by atoms with Crippen molar-refractivity contribution in [3.8, 4) is 0 Å². The van der Waals surface area contributed by atoms with Crippen LogP contribution < -0.4 is 10.4 Å². The normalized spacial score (nSPS) is 26.8. The summed E-state index contributed by atoms with van der Waals surface area (Å²) in [6.45, 7) is 13.0. The van der Waals surface area contributed by atoms with Gasteiger partial charge >= 0.3 is 0 Å². The van der Waals surface area contributed by atoms with Gasteiger partial charge in [-0.3, -0.25) is 0 Å². The van der Waals surface area contributed by atoms with Gasteiger partial charge in [-0.1, -0.05) is 111 Å². The number of thioether (sulfide) groups is 1. The van der Waals surface area contributed by atoms with Crippen molar-refractivity contribution in [3.63, 3.8) is 0 Å². The number of rotatable bonds is 7. The molecular weight excluding hydrogens is 525 g/mol. The van der Waals surface area contributed by atoms with Gasteiger partial charge < -0.3 is 23.7 Å². The van der Waals surface area contributed by atoms with Crippen molar-refractivity contribution in [2.45, 2.75) is 87.1 Å². The summed E-state index contributed by atoms with van der Waals surface area (Å²) in [7, 11) is -2.78. The fraction of sp³-hybridized carbons (Fsp3) is 0.438. The summed E-state index contributed by atoms with van der Waals surface area (Å²) in [6, 6.07) is 29.5. The fourth-order valence-corrected chi connectivity index (χ4v) is 11.4. The second-order valence-corrected chi connectivity index (χ2v) is 17.5. The molecule has 3 aromatic rings. The first-order valence-corrected chi connectivity index (χ1v) is 16.5. The first kappa shape index (κ1) is 28.6. The zero-order chi connectivity index (χ0) is 27.8. The van der Waals surface area contributed by atoms with E-state index in [9.17, 15) is 5.11 Å². The highest BCUT2D eigenvalue weighted by Gasteiger charge is 2.57. The predicted molar refractivity (Wildman–Crippen MR) is 159 cm³/mol. The summed E-state index contributed by atoms with van der Waals surface area (Å²) in [6.07, 6.45) is -2.20. The average Bonchev–Trinajstić information content (AvgIpc) is 3.24. The minimum Gasteiger partial charge on any atom is -0.405 e. The molecule has 2 aliphatic rings. The lowest BCUT2D eigenvalue weighted by Gasteiger charge is -2.45. The van der Waals surface area contributed by atoms with Crippen molar-refractivity contribution in [1.29, 1.82) is 0 Å². The van der Waals surface area contributed by atoms with E-state index in [1.54, 1.807) is 0 Å². The highest BCUT2D eigenvalue weighted by molar-refractivity contribution is 7.99. The van der Waals surface area contributed by atoms with Gasteiger partial charge in [0.05, 0.1) is 6.61 Å². The molecule has 7 heteroatoms. The van der Waals surface area contributed by atoms with E-state index in [0.717, 1.165) is 4.90 Å². The number of hydrogen-bond acceptors (Lipinski definition) is 6. The molecular formula is C32H40O5SSi. The Hall–Kier alpha value is -1.97. The van der Waals surface area contributed by atoms with E-state index < -0.39 is 44.0 Å². The monoisotopic (exact) mass is 564 g/mol. The highest BCUT2D eigenvalue weighted by Crippen LogP contribution is 2.43. The van der Waals surface area contributed by atoms with Gasteiger partial charge in [0, 0.05) is 4.90 Å². The molecule has 0 amide bonds. The van der Waals surface area contributed by atoms with Crippen LogP contribution in [-0.2, 0) is 18.6 Å². The number of aliphatic hydroxyl groups excluding tert-OH is 1. The number of hydrogen-bond donors (Lipinski definition) is 1. The van der Waals surface area contributed by atoms with E-state index in [1.807, 2.05) is 26.0 Å². The third-order valence-corrected chi connectivity index (χ3v) is 13.8. The molecule has 5 nitrogen and oxygen atoms in total. The minimum absolute atomic E-state index is 0.161. The molecule has 2 fully saturated rings. The lowest BCUT2D eigenvalue weighted by atomic mass is 10.0. The number of fused-ring (bicyclic) bond motifs is 1. The molecule has 2 aliphatic heterocycles. The van der Waals surface area contributed by atoms with E-state index in [2.05, 4.69) is 100 Å². The van der Waals surface area contributed by atoms with Crippen LogP contribution >= 0.6 is 11.8 Å². The van der Waals surface area contributed by atoms with Gasteiger partial charge in [0.25, 0.3) is 8.32 Å². The summed E-state index contributed by atoms with van der Waals surface area (Å²) < 4.78 is 26.4. The van der Waals surface area contributed by atoms with Crippen LogP contribution in [0.5, 0.6) is 0 Å². The molecule has 0 unspecified atom stereocenters. The Labute approximate surface area is 238 Å². The Morgan fingerprint density at radius 1 is 0.846 bits per heavy atom. The van der Waals surface area contributed by atoms with Gasteiger partial charge in [-0.15, -0.1) is 0 Å². The van der Waals surface area contributed by atoms with Crippen LogP contribution in [0.4, 0.5) is 0 Å². The molecule has 0 aromatic heterocycles. The molecule has 39 heavy (non-hydrogen) atoms. The van der Waals surface area contributed by atoms with Gasteiger partial charge in [0.2, 0.25) is 0 Å². The van der Waals surface area contributed by atoms with Crippen molar-refractivity contribution < 1.29 is 23.7 Å². The number of aliphatic hydroxyl groups is 1. The molecule has 0 spiro atoms. The molecule has 2 saturated heterocycles. The SMILES string of the molecule is Cc1ccc(S[C@@H]2O[C@H](CO[Si](c3ccccc3)(c3ccccc3)C(C)(C)C)[C@@H]3OC(C)(C)O[C@@H]3[C@H]2O)cc1. The maximum Gasteiger partial charge on any atom is 0.261 e. The Morgan fingerprint density at radius 2 is 1.38 bits per heavy atom. The average molecular weight is 565 g/mol. The van der Waals surface area contributed by atoms with Gasteiger partial charge in [-0.25, -0.2) is 0 Å². The summed E-state index contributed by atoms with van der Waals surface area (Å²) in [4.78, 5) is 1.04. The molecule has 2 heterocycles. The van der Waals surface area contributed by atoms with E-state index in [-0.39, 0.29) is 5.04 Å². The van der Waals surface area contributed by atoms with Crippen molar-refractivity contribution in [3.05, 3.63) is 90.5 Å². The number of benzene rings is 3. The topological polar surface area (TPSA) is 57.2 Å². The second-order valence-electron chi connectivity index (χ2n) is 12.0. The first-order chi connectivity index (χ1) is 18.5. The van der Waals surface area contributed by atoms with E-state index in [4.69, 9.17) is 18.6 Å². The summed E-state index contributed by atoms with van der Waals surface area (Å²) in [5, 5.41) is 13.6. The molecule has 0 saturated carbocycles. The van der Waals surface area contributed by atoms with Crippen LogP contribution in [0.3, 0.4) is 0 Å². The fourth-order valence-electron chi connectivity index (χ4n) is 5.81.